The lowest BCUT2D eigenvalue weighted by atomic mass is 10.1. The number of carbonyl (C=O) groups excluding carboxylic acids is 1. The standard InChI is InChI=1S/C17H18F3N3O3S/c1-2-22-7-8-23-11-13(9-15(23)16(22)24)27(25,26)21-10-12-5-3-4-6-14(12)17(18,19)20/h3-6,9,11,21H,2,7-8,10H2,1H3. The smallest absolute Gasteiger partial charge is 0.340 e. The van der Waals surface area contributed by atoms with Gasteiger partial charge in [-0.2, -0.15) is 13.2 Å². The molecular weight excluding hydrogens is 383 g/mol. The normalized spacial score (nSPS) is 15.1. The number of halogens is 3. The van der Waals surface area contributed by atoms with Crippen LogP contribution in [0.4, 0.5) is 13.2 Å². The highest BCUT2D eigenvalue weighted by Crippen LogP contribution is 2.32. The number of rotatable bonds is 5. The molecular formula is C17H18F3N3O3S. The summed E-state index contributed by atoms with van der Waals surface area (Å²) < 4.78 is 67.9. The highest BCUT2D eigenvalue weighted by molar-refractivity contribution is 7.89. The van der Waals surface area contributed by atoms with Crippen LogP contribution in [-0.2, 0) is 29.3 Å². The Morgan fingerprint density at radius 1 is 1.19 bits per heavy atom. The molecule has 0 radical (unpaired) electrons. The number of hydrogen-bond donors (Lipinski definition) is 1. The number of benzene rings is 1. The largest absolute Gasteiger partial charge is 0.416 e. The molecule has 27 heavy (non-hydrogen) atoms. The molecule has 10 heteroatoms. The number of nitrogens with one attached hydrogen (secondary N) is 1. The van der Waals surface area contributed by atoms with Crippen molar-refractivity contribution in [2.75, 3.05) is 13.1 Å². The number of aromatic nitrogens is 1. The Bertz CT molecular complexity index is 967. The quantitative estimate of drug-likeness (QED) is 0.837. The van der Waals surface area contributed by atoms with Crippen molar-refractivity contribution in [2.45, 2.75) is 31.1 Å². The first-order chi connectivity index (χ1) is 12.6. The van der Waals surface area contributed by atoms with E-state index >= 15 is 0 Å². The van der Waals surface area contributed by atoms with Gasteiger partial charge in [0, 0.05) is 32.4 Å². The van der Waals surface area contributed by atoms with Gasteiger partial charge in [0.05, 0.1) is 5.56 Å². The number of sulfonamides is 1. The van der Waals surface area contributed by atoms with Crippen LogP contribution in [0, 0.1) is 0 Å². The molecule has 1 amide bonds. The van der Waals surface area contributed by atoms with E-state index in [4.69, 9.17) is 0 Å². The molecule has 2 aromatic rings. The third-order valence-electron chi connectivity index (χ3n) is 4.46. The first-order valence-electron chi connectivity index (χ1n) is 8.27. The molecule has 0 aliphatic carbocycles. The summed E-state index contributed by atoms with van der Waals surface area (Å²) in [6.07, 6.45) is -3.24. The fourth-order valence-corrected chi connectivity index (χ4v) is 4.04. The number of amides is 1. The van der Waals surface area contributed by atoms with Crippen LogP contribution in [-0.4, -0.2) is 36.9 Å². The molecule has 6 nitrogen and oxygen atoms in total. The number of likely N-dealkylation sites (N-methyl/N-ethyl adjacent to an activating group) is 1. The average molecular weight is 401 g/mol. The van der Waals surface area contributed by atoms with Crippen molar-refractivity contribution in [1.82, 2.24) is 14.2 Å². The van der Waals surface area contributed by atoms with E-state index in [-0.39, 0.29) is 22.1 Å². The van der Waals surface area contributed by atoms with Crippen molar-refractivity contribution < 1.29 is 26.4 Å². The second-order valence-corrected chi connectivity index (χ2v) is 7.89. The van der Waals surface area contributed by atoms with Crippen LogP contribution in [0.25, 0.3) is 0 Å². The lowest BCUT2D eigenvalue weighted by Crippen LogP contribution is -2.39. The Labute approximate surface area is 154 Å². The van der Waals surface area contributed by atoms with Gasteiger partial charge >= 0.3 is 6.18 Å². The fourth-order valence-electron chi connectivity index (χ4n) is 3.00. The van der Waals surface area contributed by atoms with Gasteiger partial charge in [-0.25, -0.2) is 13.1 Å². The predicted octanol–water partition coefficient (Wildman–Crippen LogP) is 2.46. The van der Waals surface area contributed by atoms with Crippen LogP contribution in [0.5, 0.6) is 0 Å². The molecule has 1 aromatic carbocycles. The Morgan fingerprint density at radius 3 is 2.56 bits per heavy atom. The van der Waals surface area contributed by atoms with Gasteiger partial charge in [-0.15, -0.1) is 0 Å². The third-order valence-corrected chi connectivity index (χ3v) is 5.82. The van der Waals surface area contributed by atoms with Crippen LogP contribution in [0.15, 0.2) is 41.4 Å². The molecule has 0 atom stereocenters. The lowest BCUT2D eigenvalue weighted by molar-refractivity contribution is -0.138. The molecule has 0 saturated heterocycles. The van der Waals surface area contributed by atoms with Crippen molar-refractivity contribution in [1.29, 1.82) is 0 Å². The van der Waals surface area contributed by atoms with E-state index in [1.165, 1.54) is 30.5 Å². The second kappa shape index (κ2) is 7.01. The Balaban J connectivity index is 1.83. The highest BCUT2D eigenvalue weighted by Gasteiger charge is 2.33. The van der Waals surface area contributed by atoms with E-state index in [9.17, 15) is 26.4 Å². The minimum absolute atomic E-state index is 0.145. The maximum atomic E-state index is 13.0. The minimum atomic E-state index is -4.58. The summed E-state index contributed by atoms with van der Waals surface area (Å²) in [4.78, 5) is 13.7. The predicted molar refractivity (Wildman–Crippen MR) is 91.5 cm³/mol. The second-order valence-electron chi connectivity index (χ2n) is 6.12. The van der Waals surface area contributed by atoms with Crippen molar-refractivity contribution in [3.05, 3.63) is 53.3 Å². The Morgan fingerprint density at radius 2 is 1.89 bits per heavy atom. The molecule has 0 saturated carbocycles. The summed E-state index contributed by atoms with van der Waals surface area (Å²) in [5, 5.41) is 0. The van der Waals surface area contributed by atoms with Crippen molar-refractivity contribution in [3.8, 4) is 0 Å². The monoisotopic (exact) mass is 401 g/mol. The zero-order valence-corrected chi connectivity index (χ0v) is 15.3. The van der Waals surface area contributed by atoms with E-state index in [1.807, 2.05) is 6.92 Å². The average Bonchev–Trinajstić information content (AvgIpc) is 3.06. The van der Waals surface area contributed by atoms with Gasteiger partial charge in [-0.3, -0.25) is 4.79 Å². The minimum Gasteiger partial charge on any atom is -0.340 e. The van der Waals surface area contributed by atoms with Gasteiger partial charge in [-0.05, 0) is 24.6 Å². The fraction of sp³-hybridized carbons (Fsp3) is 0.353. The summed E-state index contributed by atoms with van der Waals surface area (Å²) >= 11 is 0. The van der Waals surface area contributed by atoms with Gasteiger partial charge in [-0.1, -0.05) is 18.2 Å². The van der Waals surface area contributed by atoms with E-state index in [0.717, 1.165) is 6.07 Å². The van der Waals surface area contributed by atoms with Crippen LogP contribution in [0.2, 0.25) is 0 Å². The van der Waals surface area contributed by atoms with Gasteiger partial charge in [0.2, 0.25) is 10.0 Å². The van der Waals surface area contributed by atoms with Crippen molar-refractivity contribution >= 4 is 15.9 Å². The summed E-state index contributed by atoms with van der Waals surface area (Å²) in [5.74, 6) is -0.271. The van der Waals surface area contributed by atoms with Gasteiger partial charge < -0.3 is 9.47 Å². The molecule has 0 fully saturated rings. The summed E-state index contributed by atoms with van der Waals surface area (Å²) in [7, 11) is -4.07. The Hall–Kier alpha value is -2.33. The zero-order chi connectivity index (χ0) is 19.8. The maximum Gasteiger partial charge on any atom is 0.416 e. The molecule has 1 N–H and O–H groups in total. The van der Waals surface area contributed by atoms with Crippen LogP contribution < -0.4 is 4.72 Å². The first kappa shape index (κ1) is 19.4. The summed E-state index contributed by atoms with van der Waals surface area (Å²) in [5.41, 5.74) is -0.817. The van der Waals surface area contributed by atoms with Crippen molar-refractivity contribution in [2.24, 2.45) is 0 Å². The molecule has 0 bridgehead atoms. The first-order valence-corrected chi connectivity index (χ1v) is 9.76. The number of alkyl halides is 3. The molecule has 3 rings (SSSR count). The molecule has 2 heterocycles. The topological polar surface area (TPSA) is 71.4 Å². The molecule has 1 aliphatic heterocycles. The molecule has 1 aliphatic rings. The number of fused-ring (bicyclic) bond motifs is 1. The van der Waals surface area contributed by atoms with Crippen molar-refractivity contribution in [3.63, 3.8) is 0 Å². The maximum absolute atomic E-state index is 13.0. The summed E-state index contributed by atoms with van der Waals surface area (Å²) in [6, 6.07) is 6.03. The zero-order valence-electron chi connectivity index (χ0n) is 14.5. The van der Waals surface area contributed by atoms with Gasteiger partial charge in [0.1, 0.15) is 10.6 Å². The summed E-state index contributed by atoms with van der Waals surface area (Å²) in [6.45, 7) is 2.77. The lowest BCUT2D eigenvalue weighted by Gasteiger charge is -2.26. The molecule has 146 valence electrons. The van der Waals surface area contributed by atoms with Crippen LogP contribution in [0.1, 0.15) is 28.5 Å². The van der Waals surface area contributed by atoms with E-state index in [1.54, 1.807) is 9.47 Å². The van der Waals surface area contributed by atoms with Gasteiger partial charge in [0.15, 0.2) is 0 Å². The molecule has 0 unspecified atom stereocenters. The number of nitrogens with zero attached hydrogens (tertiary/aromatic N) is 2. The van der Waals surface area contributed by atoms with E-state index in [2.05, 4.69) is 4.72 Å². The highest BCUT2D eigenvalue weighted by atomic mass is 32.2. The third kappa shape index (κ3) is 3.86. The van der Waals surface area contributed by atoms with Crippen LogP contribution >= 0.6 is 0 Å². The number of carbonyl (C=O) groups is 1. The SMILES string of the molecule is CCN1CCn2cc(S(=O)(=O)NCc3ccccc3C(F)(F)F)cc2C1=O. The molecule has 0 spiro atoms. The van der Waals surface area contributed by atoms with E-state index in [0.29, 0.717) is 19.6 Å². The van der Waals surface area contributed by atoms with Crippen LogP contribution in [0.3, 0.4) is 0 Å². The number of hydrogen-bond acceptors (Lipinski definition) is 3. The van der Waals surface area contributed by atoms with Gasteiger partial charge in [0.25, 0.3) is 5.91 Å². The van der Waals surface area contributed by atoms with E-state index < -0.39 is 28.3 Å². The Kier molecular flexibility index (Phi) is 5.04. The molecule has 1 aromatic heterocycles.